The van der Waals surface area contributed by atoms with Crippen LogP contribution < -0.4 is 0 Å². The highest BCUT2D eigenvalue weighted by Crippen LogP contribution is 2.29. The Labute approximate surface area is 105 Å². The summed E-state index contributed by atoms with van der Waals surface area (Å²) in [6.07, 6.45) is 5.60. The Hall–Kier alpha value is -0.830. The zero-order chi connectivity index (χ0) is 13.3. The van der Waals surface area contributed by atoms with Crippen molar-refractivity contribution in [1.29, 1.82) is 0 Å². The van der Waals surface area contributed by atoms with Crippen LogP contribution in [0, 0.1) is 5.41 Å². The molecule has 0 spiro atoms. The zero-order valence-corrected chi connectivity index (χ0v) is 11.6. The van der Waals surface area contributed by atoms with Crippen molar-refractivity contribution in [1.82, 2.24) is 0 Å². The van der Waals surface area contributed by atoms with E-state index in [9.17, 15) is 9.90 Å². The van der Waals surface area contributed by atoms with E-state index < -0.39 is 0 Å². The molecule has 0 aliphatic rings. The molecular formula is C14H26O3. The minimum atomic E-state index is -0.282. The number of aliphatic hydroxyl groups excluding tert-OH is 1. The Kier molecular flexibility index (Phi) is 7.88. The van der Waals surface area contributed by atoms with Crippen molar-refractivity contribution in [3.05, 3.63) is 11.6 Å². The van der Waals surface area contributed by atoms with E-state index in [-0.39, 0.29) is 18.0 Å². The molecule has 0 bridgehead atoms. The Bertz CT molecular complexity index is 252. The quantitative estimate of drug-likeness (QED) is 0.525. The summed E-state index contributed by atoms with van der Waals surface area (Å²) in [7, 11) is 0. The molecule has 0 aromatic heterocycles. The molecule has 0 saturated carbocycles. The van der Waals surface area contributed by atoms with Crippen LogP contribution in [0.4, 0.5) is 0 Å². The average molecular weight is 242 g/mol. The first-order valence-corrected chi connectivity index (χ1v) is 6.46. The van der Waals surface area contributed by atoms with Gasteiger partial charge in [0.2, 0.25) is 0 Å². The number of hydrogen-bond acceptors (Lipinski definition) is 3. The largest absolute Gasteiger partial charge is 0.462 e. The smallest absolute Gasteiger partial charge is 0.333 e. The van der Waals surface area contributed by atoms with Gasteiger partial charge in [-0.3, -0.25) is 0 Å². The number of unbranched alkanes of at least 4 members (excludes halogenated alkanes) is 1. The highest BCUT2D eigenvalue weighted by atomic mass is 16.5. The molecule has 0 aromatic carbocycles. The molecule has 3 nitrogen and oxygen atoms in total. The van der Waals surface area contributed by atoms with Gasteiger partial charge in [0.1, 0.15) is 0 Å². The molecule has 100 valence electrons. The van der Waals surface area contributed by atoms with Crippen molar-refractivity contribution < 1.29 is 14.6 Å². The number of esters is 1. The summed E-state index contributed by atoms with van der Waals surface area (Å²) in [5, 5.41) is 9.51. The fourth-order valence-corrected chi connectivity index (χ4v) is 1.59. The standard InChI is InChI=1S/C14H26O3/c1-5-8-9-14(7-3,10-15)11-17-13(16)12(4)6-2/h6,15H,5,7-11H2,1-4H3. The van der Waals surface area contributed by atoms with E-state index in [1.165, 1.54) is 0 Å². The Morgan fingerprint density at radius 1 is 1.41 bits per heavy atom. The Morgan fingerprint density at radius 3 is 2.47 bits per heavy atom. The SMILES string of the molecule is CC=C(C)C(=O)OCC(CC)(CO)CCCC. The van der Waals surface area contributed by atoms with Crippen LogP contribution in [-0.2, 0) is 9.53 Å². The minimum absolute atomic E-state index is 0.0751. The van der Waals surface area contributed by atoms with E-state index in [1.807, 2.05) is 13.8 Å². The monoisotopic (exact) mass is 242 g/mol. The van der Waals surface area contributed by atoms with Crippen molar-refractivity contribution in [2.75, 3.05) is 13.2 Å². The molecule has 17 heavy (non-hydrogen) atoms. The van der Waals surface area contributed by atoms with Gasteiger partial charge in [0.05, 0.1) is 13.2 Å². The fourth-order valence-electron chi connectivity index (χ4n) is 1.59. The predicted molar refractivity (Wildman–Crippen MR) is 69.7 cm³/mol. The van der Waals surface area contributed by atoms with E-state index in [1.54, 1.807) is 13.0 Å². The molecule has 0 aliphatic carbocycles. The van der Waals surface area contributed by atoms with Crippen LogP contribution in [0.1, 0.15) is 53.4 Å². The second-order valence-corrected chi connectivity index (χ2v) is 4.66. The molecule has 0 rings (SSSR count). The first kappa shape index (κ1) is 16.2. The zero-order valence-electron chi connectivity index (χ0n) is 11.6. The first-order valence-electron chi connectivity index (χ1n) is 6.46. The molecule has 3 heteroatoms. The van der Waals surface area contributed by atoms with Crippen LogP contribution >= 0.6 is 0 Å². The van der Waals surface area contributed by atoms with E-state index >= 15 is 0 Å². The van der Waals surface area contributed by atoms with Crippen LogP contribution in [0.3, 0.4) is 0 Å². The van der Waals surface area contributed by atoms with Gasteiger partial charge in [0.25, 0.3) is 0 Å². The van der Waals surface area contributed by atoms with Crippen LogP contribution in [0.5, 0.6) is 0 Å². The van der Waals surface area contributed by atoms with Gasteiger partial charge in [0.15, 0.2) is 0 Å². The molecule has 0 amide bonds. The van der Waals surface area contributed by atoms with Crippen molar-refractivity contribution in [3.8, 4) is 0 Å². The van der Waals surface area contributed by atoms with Crippen molar-refractivity contribution in [2.45, 2.75) is 53.4 Å². The summed E-state index contributed by atoms with van der Waals surface area (Å²) >= 11 is 0. The second-order valence-electron chi connectivity index (χ2n) is 4.66. The lowest BCUT2D eigenvalue weighted by Gasteiger charge is -2.30. The predicted octanol–water partition coefficient (Wildman–Crippen LogP) is 3.07. The van der Waals surface area contributed by atoms with Crippen molar-refractivity contribution in [2.24, 2.45) is 5.41 Å². The molecule has 1 N–H and O–H groups in total. The number of carbonyl (C=O) groups is 1. The fraction of sp³-hybridized carbons (Fsp3) is 0.786. The van der Waals surface area contributed by atoms with Gasteiger partial charge in [-0.2, -0.15) is 0 Å². The van der Waals surface area contributed by atoms with Crippen LogP contribution in [-0.4, -0.2) is 24.3 Å². The summed E-state index contributed by atoms with van der Waals surface area (Å²) in [6, 6.07) is 0. The highest BCUT2D eigenvalue weighted by molar-refractivity contribution is 5.87. The summed E-state index contributed by atoms with van der Waals surface area (Å²) in [6.45, 7) is 8.08. The lowest BCUT2D eigenvalue weighted by atomic mass is 9.82. The third kappa shape index (κ3) is 5.35. The molecule has 1 unspecified atom stereocenters. The maximum atomic E-state index is 11.6. The van der Waals surface area contributed by atoms with E-state index in [4.69, 9.17) is 4.74 Å². The van der Waals surface area contributed by atoms with Crippen LogP contribution in [0.25, 0.3) is 0 Å². The van der Waals surface area contributed by atoms with Gasteiger partial charge in [-0.25, -0.2) is 4.79 Å². The first-order chi connectivity index (χ1) is 8.05. The molecule has 0 aromatic rings. The van der Waals surface area contributed by atoms with E-state index in [0.717, 1.165) is 25.7 Å². The van der Waals surface area contributed by atoms with Crippen molar-refractivity contribution >= 4 is 5.97 Å². The number of ether oxygens (including phenoxy) is 1. The van der Waals surface area contributed by atoms with E-state index in [2.05, 4.69) is 6.92 Å². The number of aliphatic hydroxyl groups is 1. The number of allylic oxidation sites excluding steroid dienone is 1. The maximum absolute atomic E-state index is 11.6. The lowest BCUT2D eigenvalue weighted by molar-refractivity contribution is -0.144. The summed E-state index contributed by atoms with van der Waals surface area (Å²) < 4.78 is 5.27. The highest BCUT2D eigenvalue weighted by Gasteiger charge is 2.28. The van der Waals surface area contributed by atoms with E-state index in [0.29, 0.717) is 12.2 Å². The lowest BCUT2D eigenvalue weighted by Crippen LogP contribution is -2.32. The van der Waals surface area contributed by atoms with Gasteiger partial charge in [-0.05, 0) is 26.7 Å². The summed E-state index contributed by atoms with van der Waals surface area (Å²) in [5.74, 6) is -0.282. The average Bonchev–Trinajstić information content (AvgIpc) is 2.38. The summed E-state index contributed by atoms with van der Waals surface area (Å²) in [5.41, 5.74) is 0.350. The molecule has 0 saturated heterocycles. The third-order valence-electron chi connectivity index (χ3n) is 3.41. The van der Waals surface area contributed by atoms with Crippen LogP contribution in [0.15, 0.2) is 11.6 Å². The molecule has 0 radical (unpaired) electrons. The number of rotatable bonds is 8. The molecule has 0 fully saturated rings. The molecule has 0 heterocycles. The normalized spacial score (nSPS) is 15.5. The molecule has 1 atom stereocenters. The number of carbonyl (C=O) groups excluding carboxylic acids is 1. The van der Waals surface area contributed by atoms with Gasteiger partial charge in [0, 0.05) is 11.0 Å². The second kappa shape index (κ2) is 8.29. The topological polar surface area (TPSA) is 46.5 Å². The third-order valence-corrected chi connectivity index (χ3v) is 3.41. The maximum Gasteiger partial charge on any atom is 0.333 e. The molecular weight excluding hydrogens is 216 g/mol. The van der Waals surface area contributed by atoms with Gasteiger partial charge < -0.3 is 9.84 Å². The van der Waals surface area contributed by atoms with Gasteiger partial charge >= 0.3 is 5.97 Å². The number of hydrogen-bond donors (Lipinski definition) is 1. The van der Waals surface area contributed by atoms with Gasteiger partial charge in [-0.15, -0.1) is 0 Å². The van der Waals surface area contributed by atoms with Gasteiger partial charge in [-0.1, -0.05) is 32.8 Å². The Balaban J connectivity index is 4.39. The Morgan fingerprint density at radius 2 is 2.06 bits per heavy atom. The minimum Gasteiger partial charge on any atom is -0.462 e. The summed E-state index contributed by atoms with van der Waals surface area (Å²) in [4.78, 5) is 11.6. The van der Waals surface area contributed by atoms with Crippen LogP contribution in [0.2, 0.25) is 0 Å². The molecule has 0 aliphatic heterocycles. The van der Waals surface area contributed by atoms with Crippen molar-refractivity contribution in [3.63, 3.8) is 0 Å².